The summed E-state index contributed by atoms with van der Waals surface area (Å²) >= 11 is 0. The molecule has 0 bridgehead atoms. The number of amides is 1. The van der Waals surface area contributed by atoms with Crippen LogP contribution in [0.15, 0.2) is 0 Å². The third-order valence-corrected chi connectivity index (χ3v) is 2.85. The average Bonchev–Trinajstić information content (AvgIpc) is 2.07. The Labute approximate surface area is 80.1 Å². The van der Waals surface area contributed by atoms with Crippen LogP contribution in [-0.4, -0.2) is 36.1 Å². The Morgan fingerprint density at radius 3 is 2.38 bits per heavy atom. The molecule has 0 aliphatic carbocycles. The average molecular weight is 185 g/mol. The van der Waals surface area contributed by atoms with Crippen molar-refractivity contribution in [2.75, 3.05) is 7.05 Å². The first-order valence-electron chi connectivity index (χ1n) is 4.87. The van der Waals surface area contributed by atoms with Crippen molar-refractivity contribution in [2.45, 2.75) is 45.9 Å². The van der Waals surface area contributed by atoms with Crippen molar-refractivity contribution >= 4 is 5.91 Å². The number of hydrogen-bond donors (Lipinski definition) is 0. The van der Waals surface area contributed by atoms with E-state index in [2.05, 4.69) is 0 Å². The van der Waals surface area contributed by atoms with Crippen LogP contribution in [0.25, 0.3) is 0 Å². The summed E-state index contributed by atoms with van der Waals surface area (Å²) < 4.78 is 5.65. The second-order valence-electron chi connectivity index (χ2n) is 4.20. The van der Waals surface area contributed by atoms with Crippen LogP contribution in [0.5, 0.6) is 0 Å². The van der Waals surface area contributed by atoms with Crippen LogP contribution < -0.4 is 0 Å². The third-order valence-electron chi connectivity index (χ3n) is 2.85. The first-order valence-corrected chi connectivity index (χ1v) is 4.87. The van der Waals surface area contributed by atoms with E-state index in [4.69, 9.17) is 4.74 Å². The summed E-state index contributed by atoms with van der Waals surface area (Å²) in [6.45, 7) is 8.06. The molecule has 3 atom stereocenters. The van der Waals surface area contributed by atoms with Gasteiger partial charge in [0.1, 0.15) is 6.10 Å². The van der Waals surface area contributed by atoms with Gasteiger partial charge in [0.25, 0.3) is 5.91 Å². The Morgan fingerprint density at radius 2 is 1.92 bits per heavy atom. The number of likely N-dealkylation sites (N-methyl/N-ethyl adjacent to an activating group) is 1. The van der Waals surface area contributed by atoms with Crippen LogP contribution in [-0.2, 0) is 9.53 Å². The molecule has 1 fully saturated rings. The first kappa shape index (κ1) is 10.5. The van der Waals surface area contributed by atoms with Crippen LogP contribution in [0.4, 0.5) is 0 Å². The molecule has 1 heterocycles. The highest BCUT2D eigenvalue weighted by Gasteiger charge is 2.37. The van der Waals surface area contributed by atoms with E-state index in [-0.39, 0.29) is 30.1 Å². The largest absolute Gasteiger partial charge is 0.363 e. The third kappa shape index (κ3) is 1.85. The van der Waals surface area contributed by atoms with Crippen molar-refractivity contribution in [2.24, 2.45) is 5.92 Å². The lowest BCUT2D eigenvalue weighted by Gasteiger charge is -2.40. The number of ether oxygens (including phenoxy) is 1. The molecule has 1 aliphatic rings. The molecule has 1 rings (SSSR count). The minimum atomic E-state index is -0.254. The van der Waals surface area contributed by atoms with E-state index in [1.165, 1.54) is 0 Å². The van der Waals surface area contributed by atoms with Crippen LogP contribution in [0.2, 0.25) is 0 Å². The Morgan fingerprint density at radius 1 is 1.38 bits per heavy atom. The van der Waals surface area contributed by atoms with Crippen molar-refractivity contribution in [3.8, 4) is 0 Å². The molecule has 1 saturated heterocycles. The minimum Gasteiger partial charge on any atom is -0.363 e. The summed E-state index contributed by atoms with van der Waals surface area (Å²) in [4.78, 5) is 13.5. The molecule has 0 aromatic rings. The SMILES string of the molecule is CC(C)C1OC(C)C(C)N(C)C1=O. The fourth-order valence-corrected chi connectivity index (χ4v) is 1.56. The van der Waals surface area contributed by atoms with Gasteiger partial charge in [0, 0.05) is 7.05 Å². The molecule has 13 heavy (non-hydrogen) atoms. The van der Waals surface area contributed by atoms with Crippen molar-refractivity contribution in [1.82, 2.24) is 4.90 Å². The molecule has 1 aliphatic heterocycles. The predicted molar refractivity (Wildman–Crippen MR) is 51.4 cm³/mol. The number of morpholine rings is 1. The van der Waals surface area contributed by atoms with Gasteiger partial charge in [-0.1, -0.05) is 13.8 Å². The highest BCUT2D eigenvalue weighted by atomic mass is 16.5. The van der Waals surface area contributed by atoms with Gasteiger partial charge in [-0.05, 0) is 19.8 Å². The van der Waals surface area contributed by atoms with Crippen LogP contribution >= 0.6 is 0 Å². The Bertz CT molecular complexity index is 203. The highest BCUT2D eigenvalue weighted by molar-refractivity contribution is 5.82. The minimum absolute atomic E-state index is 0.112. The zero-order valence-corrected chi connectivity index (χ0v) is 9.07. The molecule has 3 nitrogen and oxygen atoms in total. The van der Waals surface area contributed by atoms with Gasteiger partial charge in [0.05, 0.1) is 12.1 Å². The zero-order valence-electron chi connectivity index (χ0n) is 9.07. The maximum Gasteiger partial charge on any atom is 0.252 e. The standard InChI is InChI=1S/C10H19NO2/c1-6(2)9-10(12)11(5)7(3)8(4)13-9/h6-9H,1-5H3. The quantitative estimate of drug-likeness (QED) is 0.616. The number of carbonyl (C=O) groups excluding carboxylic acids is 1. The smallest absolute Gasteiger partial charge is 0.252 e. The van der Waals surface area contributed by atoms with Gasteiger partial charge in [0.2, 0.25) is 0 Å². The zero-order chi connectivity index (χ0) is 10.2. The molecule has 0 radical (unpaired) electrons. The molecule has 1 amide bonds. The summed E-state index contributed by atoms with van der Waals surface area (Å²) in [6.07, 6.45) is -0.119. The Hall–Kier alpha value is -0.570. The number of hydrogen-bond acceptors (Lipinski definition) is 2. The lowest BCUT2D eigenvalue weighted by atomic mass is 10.0. The number of carbonyl (C=O) groups is 1. The maximum atomic E-state index is 11.7. The normalized spacial score (nSPS) is 35.7. The van der Waals surface area contributed by atoms with Crippen molar-refractivity contribution in [3.63, 3.8) is 0 Å². The van der Waals surface area contributed by atoms with Crippen molar-refractivity contribution < 1.29 is 9.53 Å². The van der Waals surface area contributed by atoms with Gasteiger partial charge in [-0.3, -0.25) is 4.79 Å². The second-order valence-corrected chi connectivity index (χ2v) is 4.20. The summed E-state index contributed by atoms with van der Waals surface area (Å²) in [7, 11) is 1.85. The van der Waals surface area contributed by atoms with Crippen LogP contribution in [0, 0.1) is 5.92 Å². The summed E-state index contributed by atoms with van der Waals surface area (Å²) in [5.74, 6) is 0.366. The first-order chi connectivity index (χ1) is 5.95. The topological polar surface area (TPSA) is 29.5 Å². The molecule has 3 unspecified atom stereocenters. The van der Waals surface area contributed by atoms with E-state index in [1.807, 2.05) is 34.7 Å². The molecule has 0 saturated carbocycles. The molecule has 76 valence electrons. The van der Waals surface area contributed by atoms with Crippen LogP contribution in [0.3, 0.4) is 0 Å². The fraction of sp³-hybridized carbons (Fsp3) is 0.900. The van der Waals surface area contributed by atoms with E-state index in [9.17, 15) is 4.79 Å². The van der Waals surface area contributed by atoms with E-state index in [0.29, 0.717) is 0 Å². The molecule has 0 aromatic carbocycles. The van der Waals surface area contributed by atoms with E-state index in [0.717, 1.165) is 0 Å². The summed E-state index contributed by atoms with van der Waals surface area (Å²) in [5.41, 5.74) is 0. The molecular weight excluding hydrogens is 166 g/mol. The molecule has 0 spiro atoms. The lowest BCUT2D eigenvalue weighted by molar-refractivity contribution is -0.171. The van der Waals surface area contributed by atoms with Gasteiger partial charge in [-0.15, -0.1) is 0 Å². The van der Waals surface area contributed by atoms with Gasteiger partial charge < -0.3 is 9.64 Å². The second kappa shape index (κ2) is 3.66. The molecular formula is C10H19NO2. The number of nitrogens with zero attached hydrogens (tertiary/aromatic N) is 1. The van der Waals surface area contributed by atoms with Crippen molar-refractivity contribution in [3.05, 3.63) is 0 Å². The Kier molecular flexibility index (Phi) is 2.96. The van der Waals surface area contributed by atoms with E-state index < -0.39 is 0 Å². The highest BCUT2D eigenvalue weighted by Crippen LogP contribution is 2.21. The molecule has 3 heteroatoms. The van der Waals surface area contributed by atoms with E-state index in [1.54, 1.807) is 4.90 Å². The molecule has 0 aromatic heterocycles. The monoisotopic (exact) mass is 185 g/mol. The molecule has 0 N–H and O–H groups in total. The summed E-state index contributed by atoms with van der Waals surface area (Å²) in [5, 5.41) is 0. The number of rotatable bonds is 1. The predicted octanol–water partition coefficient (Wildman–Crippen LogP) is 1.28. The maximum absolute atomic E-state index is 11.7. The lowest BCUT2D eigenvalue weighted by Crippen LogP contribution is -2.56. The summed E-state index contributed by atoms with van der Waals surface area (Å²) in [6, 6.07) is 0.183. The van der Waals surface area contributed by atoms with Gasteiger partial charge in [-0.25, -0.2) is 0 Å². The van der Waals surface area contributed by atoms with E-state index >= 15 is 0 Å². The van der Waals surface area contributed by atoms with Gasteiger partial charge in [0.15, 0.2) is 0 Å². The van der Waals surface area contributed by atoms with Crippen LogP contribution in [0.1, 0.15) is 27.7 Å². The van der Waals surface area contributed by atoms with Gasteiger partial charge >= 0.3 is 0 Å². The Balaban J connectivity index is 2.76. The van der Waals surface area contributed by atoms with Crippen molar-refractivity contribution in [1.29, 1.82) is 0 Å². The van der Waals surface area contributed by atoms with Gasteiger partial charge in [-0.2, -0.15) is 0 Å². The fourth-order valence-electron chi connectivity index (χ4n) is 1.56.